The molecule has 2 heterocycles. The van der Waals surface area contributed by atoms with Crippen molar-refractivity contribution >= 4 is 23.2 Å². The van der Waals surface area contributed by atoms with Crippen LogP contribution in [0.15, 0.2) is 49.3 Å². The van der Waals surface area contributed by atoms with Gasteiger partial charge < -0.3 is 15.1 Å². The van der Waals surface area contributed by atoms with Crippen molar-refractivity contribution in [2.75, 3.05) is 36.4 Å². The topological polar surface area (TPSA) is 61.4 Å². The van der Waals surface area contributed by atoms with Gasteiger partial charge in [-0.05, 0) is 30.3 Å². The minimum atomic E-state index is -4.38. The lowest BCUT2D eigenvalue weighted by atomic mass is 10.2. The van der Waals surface area contributed by atoms with Crippen LogP contribution in [0.3, 0.4) is 0 Å². The maximum Gasteiger partial charge on any atom is 0.416 e. The van der Waals surface area contributed by atoms with Gasteiger partial charge in [0, 0.05) is 44.3 Å². The fourth-order valence-corrected chi connectivity index (χ4v) is 2.80. The Labute approximate surface area is 154 Å². The van der Waals surface area contributed by atoms with Gasteiger partial charge in [-0.2, -0.15) is 13.2 Å². The quantitative estimate of drug-likeness (QED) is 0.830. The van der Waals surface area contributed by atoms with Gasteiger partial charge in [-0.3, -0.25) is 4.79 Å². The van der Waals surface area contributed by atoms with Crippen molar-refractivity contribution in [3.05, 3.63) is 54.9 Å². The first kappa shape index (κ1) is 18.7. The molecule has 1 fully saturated rings. The molecular formula is C18H18F3N5O. The molecule has 0 unspecified atom stereocenters. The van der Waals surface area contributed by atoms with E-state index in [4.69, 9.17) is 0 Å². The number of amides is 1. The van der Waals surface area contributed by atoms with Crippen LogP contribution in [0.4, 0.5) is 30.5 Å². The average molecular weight is 377 g/mol. The third kappa shape index (κ3) is 4.36. The van der Waals surface area contributed by atoms with Crippen molar-refractivity contribution in [1.29, 1.82) is 0 Å². The summed E-state index contributed by atoms with van der Waals surface area (Å²) in [4.78, 5) is 24.0. The highest BCUT2D eigenvalue weighted by Crippen LogP contribution is 2.31. The number of anilines is 3. The summed E-state index contributed by atoms with van der Waals surface area (Å²) >= 11 is 0. The minimum absolute atomic E-state index is 0.114. The van der Waals surface area contributed by atoms with Crippen molar-refractivity contribution in [2.24, 2.45) is 0 Å². The molecular weight excluding hydrogens is 359 g/mol. The predicted octanol–water partition coefficient (Wildman–Crippen LogP) is 3.07. The number of nitrogens with one attached hydrogen (secondary N) is 1. The van der Waals surface area contributed by atoms with E-state index in [0.29, 0.717) is 43.5 Å². The lowest BCUT2D eigenvalue weighted by molar-refractivity contribution is -0.137. The number of alkyl halides is 3. The first-order chi connectivity index (χ1) is 12.9. The fraction of sp³-hybridized carbons (Fsp3) is 0.278. The van der Waals surface area contributed by atoms with Gasteiger partial charge in [0.25, 0.3) is 0 Å². The van der Waals surface area contributed by atoms with Crippen LogP contribution in [0.25, 0.3) is 0 Å². The van der Waals surface area contributed by atoms with Gasteiger partial charge in [0.2, 0.25) is 5.91 Å². The highest BCUT2D eigenvalue weighted by molar-refractivity contribution is 5.87. The average Bonchev–Trinajstić information content (AvgIpc) is 2.68. The number of piperazine rings is 1. The summed E-state index contributed by atoms with van der Waals surface area (Å²) in [7, 11) is 0. The number of rotatable bonds is 4. The van der Waals surface area contributed by atoms with Crippen molar-refractivity contribution in [3.8, 4) is 0 Å². The second kappa shape index (κ2) is 7.65. The summed E-state index contributed by atoms with van der Waals surface area (Å²) in [6.07, 6.45) is -0.0314. The van der Waals surface area contributed by atoms with Gasteiger partial charge >= 0.3 is 6.18 Å². The monoisotopic (exact) mass is 377 g/mol. The number of carbonyl (C=O) groups excluding carboxylic acids is 1. The summed E-state index contributed by atoms with van der Waals surface area (Å²) in [5.41, 5.74) is -0.236. The van der Waals surface area contributed by atoms with Crippen molar-refractivity contribution in [1.82, 2.24) is 14.9 Å². The molecule has 2 aromatic rings. The van der Waals surface area contributed by atoms with Crippen molar-refractivity contribution < 1.29 is 18.0 Å². The molecule has 1 aromatic carbocycles. The number of aromatic nitrogens is 2. The number of halogens is 3. The maximum atomic E-state index is 12.7. The van der Waals surface area contributed by atoms with Gasteiger partial charge in [0.15, 0.2) is 11.6 Å². The van der Waals surface area contributed by atoms with E-state index in [0.717, 1.165) is 12.1 Å². The summed E-state index contributed by atoms with van der Waals surface area (Å²) < 4.78 is 38.1. The lowest BCUT2D eigenvalue weighted by Crippen LogP contribution is -2.48. The number of carbonyl (C=O) groups is 1. The summed E-state index contributed by atoms with van der Waals surface area (Å²) in [6.45, 7) is 5.68. The molecule has 142 valence electrons. The third-order valence-electron chi connectivity index (χ3n) is 4.22. The Bertz CT molecular complexity index is 814. The van der Waals surface area contributed by atoms with E-state index < -0.39 is 11.7 Å². The van der Waals surface area contributed by atoms with E-state index in [-0.39, 0.29) is 5.91 Å². The van der Waals surface area contributed by atoms with Gasteiger partial charge in [-0.25, -0.2) is 9.97 Å². The zero-order valence-electron chi connectivity index (χ0n) is 14.4. The van der Waals surface area contributed by atoms with E-state index in [1.807, 2.05) is 4.90 Å². The normalized spacial score (nSPS) is 14.8. The van der Waals surface area contributed by atoms with E-state index >= 15 is 0 Å². The summed E-state index contributed by atoms with van der Waals surface area (Å²) in [5.74, 6) is 0.917. The smallest absolute Gasteiger partial charge is 0.350 e. The van der Waals surface area contributed by atoms with E-state index in [9.17, 15) is 18.0 Å². The standard InChI is InChI=1S/C18H18F3N5O/c1-2-15(27)25-9-11-26(12-10-25)17-16(22-7-8-23-17)24-14-5-3-13(4-6-14)18(19,20)21/h2-8H,1,9-12H2,(H,22,24). The zero-order valence-corrected chi connectivity index (χ0v) is 14.4. The molecule has 0 bridgehead atoms. The molecule has 9 heteroatoms. The fourth-order valence-electron chi connectivity index (χ4n) is 2.80. The number of benzene rings is 1. The van der Waals surface area contributed by atoms with Gasteiger partial charge in [-0.15, -0.1) is 0 Å². The Kier molecular flexibility index (Phi) is 5.29. The van der Waals surface area contributed by atoms with Crippen LogP contribution in [0.1, 0.15) is 5.56 Å². The maximum absolute atomic E-state index is 12.7. The van der Waals surface area contributed by atoms with Crippen LogP contribution >= 0.6 is 0 Å². The second-order valence-corrected chi connectivity index (χ2v) is 5.95. The van der Waals surface area contributed by atoms with Crippen LogP contribution in [-0.4, -0.2) is 47.0 Å². The molecule has 3 rings (SSSR count). The Morgan fingerprint density at radius 3 is 2.30 bits per heavy atom. The van der Waals surface area contributed by atoms with E-state index in [1.165, 1.54) is 24.4 Å². The molecule has 0 saturated carbocycles. The Morgan fingerprint density at radius 1 is 1.07 bits per heavy atom. The first-order valence-electron chi connectivity index (χ1n) is 8.30. The number of nitrogens with zero attached hydrogens (tertiary/aromatic N) is 4. The van der Waals surface area contributed by atoms with E-state index in [2.05, 4.69) is 21.9 Å². The first-order valence-corrected chi connectivity index (χ1v) is 8.30. The lowest BCUT2D eigenvalue weighted by Gasteiger charge is -2.35. The number of hydrogen-bond acceptors (Lipinski definition) is 5. The van der Waals surface area contributed by atoms with Gasteiger partial charge in [-0.1, -0.05) is 6.58 Å². The minimum Gasteiger partial charge on any atom is -0.350 e. The van der Waals surface area contributed by atoms with Gasteiger partial charge in [0.1, 0.15) is 0 Å². The molecule has 0 radical (unpaired) electrons. The highest BCUT2D eigenvalue weighted by atomic mass is 19.4. The molecule has 1 N–H and O–H groups in total. The number of hydrogen-bond donors (Lipinski definition) is 1. The molecule has 1 aliphatic rings. The second-order valence-electron chi connectivity index (χ2n) is 5.95. The molecule has 1 saturated heterocycles. The molecule has 0 aliphatic carbocycles. The van der Waals surface area contributed by atoms with Crippen LogP contribution in [0.5, 0.6) is 0 Å². The molecule has 0 atom stereocenters. The molecule has 6 nitrogen and oxygen atoms in total. The van der Waals surface area contributed by atoms with Crippen LogP contribution < -0.4 is 10.2 Å². The Hall–Kier alpha value is -3.10. The highest BCUT2D eigenvalue weighted by Gasteiger charge is 2.30. The largest absolute Gasteiger partial charge is 0.416 e. The molecule has 1 amide bonds. The Balaban J connectivity index is 1.73. The molecule has 27 heavy (non-hydrogen) atoms. The predicted molar refractivity (Wildman–Crippen MR) is 95.7 cm³/mol. The summed E-state index contributed by atoms with van der Waals surface area (Å²) in [6, 6.07) is 4.72. The van der Waals surface area contributed by atoms with Crippen LogP contribution in [0.2, 0.25) is 0 Å². The molecule has 1 aromatic heterocycles. The van der Waals surface area contributed by atoms with Crippen LogP contribution in [-0.2, 0) is 11.0 Å². The Morgan fingerprint density at radius 2 is 1.70 bits per heavy atom. The van der Waals surface area contributed by atoms with Crippen LogP contribution in [0, 0.1) is 0 Å². The zero-order chi connectivity index (χ0) is 19.4. The van der Waals surface area contributed by atoms with E-state index in [1.54, 1.807) is 11.1 Å². The SMILES string of the molecule is C=CC(=O)N1CCN(c2nccnc2Nc2ccc(C(F)(F)F)cc2)CC1. The van der Waals surface area contributed by atoms with Crippen molar-refractivity contribution in [2.45, 2.75) is 6.18 Å². The van der Waals surface area contributed by atoms with Crippen molar-refractivity contribution in [3.63, 3.8) is 0 Å². The summed E-state index contributed by atoms with van der Waals surface area (Å²) in [5, 5.41) is 3.01. The molecule has 0 spiro atoms. The molecule has 1 aliphatic heterocycles. The third-order valence-corrected chi connectivity index (χ3v) is 4.22. The van der Waals surface area contributed by atoms with Gasteiger partial charge in [0.05, 0.1) is 5.56 Å².